The molecule has 5 heteroatoms. The van der Waals surface area contributed by atoms with Crippen LogP contribution < -0.4 is 9.47 Å². The van der Waals surface area contributed by atoms with Crippen LogP contribution in [0.15, 0.2) is 36.4 Å². The van der Waals surface area contributed by atoms with Crippen molar-refractivity contribution in [2.75, 3.05) is 13.2 Å². The summed E-state index contributed by atoms with van der Waals surface area (Å²) in [5.74, 6) is 0.910. The van der Waals surface area contributed by atoms with Crippen molar-refractivity contribution in [1.82, 2.24) is 0 Å². The predicted octanol–water partition coefficient (Wildman–Crippen LogP) is 3.53. The molecule has 21 heavy (non-hydrogen) atoms. The van der Waals surface area contributed by atoms with Gasteiger partial charge in [-0.05, 0) is 41.5 Å². The molecule has 1 atom stereocenters. The number of benzene rings is 2. The lowest BCUT2D eigenvalue weighted by atomic mass is 10.0. The Morgan fingerprint density at radius 3 is 2.67 bits per heavy atom. The molecular formula is C16H14ClFO3. The molecule has 1 aliphatic rings. The molecule has 0 spiro atoms. The fourth-order valence-corrected chi connectivity index (χ4v) is 2.49. The first-order valence-corrected chi connectivity index (χ1v) is 7.03. The van der Waals surface area contributed by atoms with Gasteiger partial charge in [-0.3, -0.25) is 0 Å². The fourth-order valence-electron chi connectivity index (χ4n) is 2.29. The first-order valence-electron chi connectivity index (χ1n) is 6.65. The van der Waals surface area contributed by atoms with Crippen molar-refractivity contribution in [2.45, 2.75) is 12.5 Å². The number of halogens is 2. The second kappa shape index (κ2) is 5.92. The van der Waals surface area contributed by atoms with Crippen molar-refractivity contribution in [3.8, 4) is 11.5 Å². The Kier molecular flexibility index (Phi) is 3.99. The fraction of sp³-hybridized carbons (Fsp3) is 0.250. The van der Waals surface area contributed by atoms with Gasteiger partial charge in [0, 0.05) is 11.4 Å². The maximum atomic E-state index is 13.2. The average molecular weight is 309 g/mol. The van der Waals surface area contributed by atoms with Crippen molar-refractivity contribution in [3.63, 3.8) is 0 Å². The lowest BCUT2D eigenvalue weighted by Gasteiger charge is -2.20. The molecule has 0 saturated carbocycles. The van der Waals surface area contributed by atoms with E-state index in [-0.39, 0.29) is 12.2 Å². The van der Waals surface area contributed by atoms with Gasteiger partial charge in [0.25, 0.3) is 0 Å². The van der Waals surface area contributed by atoms with Gasteiger partial charge < -0.3 is 14.6 Å². The molecule has 2 aromatic carbocycles. The Hall–Kier alpha value is -1.78. The largest absolute Gasteiger partial charge is 0.486 e. The van der Waals surface area contributed by atoms with Crippen LogP contribution in [-0.4, -0.2) is 18.3 Å². The van der Waals surface area contributed by atoms with Crippen molar-refractivity contribution >= 4 is 11.6 Å². The van der Waals surface area contributed by atoms with E-state index in [4.69, 9.17) is 21.1 Å². The zero-order valence-corrected chi connectivity index (χ0v) is 11.9. The Balaban J connectivity index is 1.82. The number of aliphatic hydroxyl groups is 1. The standard InChI is InChI=1S/C16H14ClFO3/c17-13-3-2-12(18)7-11(13)8-14(19)10-1-4-15-16(9-10)21-6-5-20-15/h1-4,7,9,14,19H,5-6,8H2. The van der Waals surface area contributed by atoms with Gasteiger partial charge >= 0.3 is 0 Å². The SMILES string of the molecule is OC(Cc1cc(F)ccc1Cl)c1ccc2c(c1)OCCO2. The number of fused-ring (bicyclic) bond motifs is 1. The second-order valence-corrected chi connectivity index (χ2v) is 5.27. The molecule has 0 fully saturated rings. The third kappa shape index (κ3) is 3.12. The van der Waals surface area contributed by atoms with E-state index in [1.54, 1.807) is 18.2 Å². The highest BCUT2D eigenvalue weighted by atomic mass is 35.5. The number of ether oxygens (including phenoxy) is 2. The third-order valence-electron chi connectivity index (χ3n) is 3.37. The molecule has 1 unspecified atom stereocenters. The molecule has 1 aliphatic heterocycles. The molecule has 1 N–H and O–H groups in total. The highest BCUT2D eigenvalue weighted by Gasteiger charge is 2.17. The van der Waals surface area contributed by atoms with E-state index < -0.39 is 6.10 Å². The maximum absolute atomic E-state index is 13.2. The smallest absolute Gasteiger partial charge is 0.161 e. The Morgan fingerprint density at radius 1 is 1.10 bits per heavy atom. The first-order chi connectivity index (χ1) is 10.1. The molecule has 0 bridgehead atoms. The van der Waals surface area contributed by atoms with Crippen LogP contribution in [0.3, 0.4) is 0 Å². The van der Waals surface area contributed by atoms with Gasteiger partial charge in [0.05, 0.1) is 6.10 Å². The molecule has 1 heterocycles. The monoisotopic (exact) mass is 308 g/mol. The van der Waals surface area contributed by atoms with Crippen LogP contribution in [0.25, 0.3) is 0 Å². The Bertz CT molecular complexity index is 660. The van der Waals surface area contributed by atoms with E-state index in [9.17, 15) is 9.50 Å². The molecule has 3 rings (SSSR count). The van der Waals surface area contributed by atoms with Crippen LogP contribution in [0.5, 0.6) is 11.5 Å². The minimum atomic E-state index is -0.792. The van der Waals surface area contributed by atoms with Crippen LogP contribution >= 0.6 is 11.6 Å². The van der Waals surface area contributed by atoms with Gasteiger partial charge in [0.15, 0.2) is 11.5 Å². The molecule has 3 nitrogen and oxygen atoms in total. The lowest BCUT2D eigenvalue weighted by molar-refractivity contribution is 0.164. The summed E-state index contributed by atoms with van der Waals surface area (Å²) in [5, 5.41) is 10.8. The maximum Gasteiger partial charge on any atom is 0.161 e. The summed E-state index contributed by atoms with van der Waals surface area (Å²) >= 11 is 6.02. The van der Waals surface area contributed by atoms with Gasteiger partial charge in [0.2, 0.25) is 0 Å². The van der Waals surface area contributed by atoms with Crippen LogP contribution in [0.4, 0.5) is 4.39 Å². The molecule has 2 aromatic rings. The van der Waals surface area contributed by atoms with Gasteiger partial charge in [-0.25, -0.2) is 4.39 Å². The molecule has 0 aromatic heterocycles. The minimum absolute atomic E-state index is 0.232. The normalized spacial score (nSPS) is 14.8. The quantitative estimate of drug-likeness (QED) is 0.943. The van der Waals surface area contributed by atoms with Crippen LogP contribution in [0.1, 0.15) is 17.2 Å². The summed E-state index contributed by atoms with van der Waals surface area (Å²) in [6.07, 6.45) is -0.559. The highest BCUT2D eigenvalue weighted by molar-refractivity contribution is 6.31. The molecule has 110 valence electrons. The van der Waals surface area contributed by atoms with Crippen molar-refractivity contribution in [3.05, 3.63) is 58.4 Å². The van der Waals surface area contributed by atoms with E-state index in [2.05, 4.69) is 0 Å². The second-order valence-electron chi connectivity index (χ2n) is 4.86. The Morgan fingerprint density at radius 2 is 1.86 bits per heavy atom. The zero-order chi connectivity index (χ0) is 14.8. The van der Waals surface area contributed by atoms with Gasteiger partial charge in [0.1, 0.15) is 19.0 Å². The molecule has 0 amide bonds. The van der Waals surface area contributed by atoms with E-state index in [1.165, 1.54) is 18.2 Å². The highest BCUT2D eigenvalue weighted by Crippen LogP contribution is 2.34. The van der Waals surface area contributed by atoms with Crippen molar-refractivity contribution < 1.29 is 19.0 Å². The van der Waals surface area contributed by atoms with Crippen molar-refractivity contribution in [1.29, 1.82) is 0 Å². The summed E-state index contributed by atoms with van der Waals surface area (Å²) in [5.41, 5.74) is 1.25. The predicted molar refractivity (Wildman–Crippen MR) is 77.5 cm³/mol. The van der Waals surface area contributed by atoms with Crippen LogP contribution in [0, 0.1) is 5.82 Å². The third-order valence-corrected chi connectivity index (χ3v) is 3.74. The van der Waals surface area contributed by atoms with Gasteiger partial charge in [-0.15, -0.1) is 0 Å². The Labute approximate surface area is 126 Å². The van der Waals surface area contributed by atoms with Crippen LogP contribution in [-0.2, 0) is 6.42 Å². The van der Waals surface area contributed by atoms with E-state index >= 15 is 0 Å². The average Bonchev–Trinajstić information content (AvgIpc) is 2.50. The van der Waals surface area contributed by atoms with Gasteiger partial charge in [-0.2, -0.15) is 0 Å². The number of aliphatic hydroxyl groups excluding tert-OH is 1. The van der Waals surface area contributed by atoms with E-state index in [0.717, 1.165) is 0 Å². The van der Waals surface area contributed by atoms with Crippen LogP contribution in [0.2, 0.25) is 5.02 Å². The molecule has 0 radical (unpaired) electrons. The number of rotatable bonds is 3. The summed E-state index contributed by atoms with van der Waals surface area (Å²) < 4.78 is 24.2. The number of hydrogen-bond acceptors (Lipinski definition) is 3. The van der Waals surface area contributed by atoms with Gasteiger partial charge in [-0.1, -0.05) is 17.7 Å². The minimum Gasteiger partial charge on any atom is -0.486 e. The molecule has 0 saturated heterocycles. The summed E-state index contributed by atoms with van der Waals surface area (Å²) in [7, 11) is 0. The summed E-state index contributed by atoms with van der Waals surface area (Å²) in [6, 6.07) is 9.40. The topological polar surface area (TPSA) is 38.7 Å². The molecular weight excluding hydrogens is 295 g/mol. The lowest BCUT2D eigenvalue weighted by Crippen LogP contribution is -2.15. The van der Waals surface area contributed by atoms with E-state index in [1.807, 2.05) is 0 Å². The zero-order valence-electron chi connectivity index (χ0n) is 11.2. The molecule has 0 aliphatic carbocycles. The summed E-state index contributed by atoms with van der Waals surface area (Å²) in [6.45, 7) is 1.01. The number of hydrogen-bond donors (Lipinski definition) is 1. The van der Waals surface area contributed by atoms with Crippen molar-refractivity contribution in [2.24, 2.45) is 0 Å². The summed E-state index contributed by atoms with van der Waals surface area (Å²) in [4.78, 5) is 0. The first kappa shape index (κ1) is 14.2. The van der Waals surface area contributed by atoms with E-state index in [0.29, 0.717) is 40.9 Å².